The Labute approximate surface area is 240 Å². The summed E-state index contributed by atoms with van der Waals surface area (Å²) in [6.45, 7) is 13.0. The zero-order valence-electron chi connectivity index (χ0n) is 25.0. The maximum absolute atomic E-state index is 11.4. The predicted molar refractivity (Wildman–Crippen MR) is 164 cm³/mol. The molecule has 2 atom stereocenters. The number of carboxylic acid groups (broad SMARTS) is 1. The third-order valence-corrected chi connectivity index (χ3v) is 9.44. The van der Waals surface area contributed by atoms with Crippen molar-refractivity contribution in [2.24, 2.45) is 0 Å². The molecule has 6 rings (SSSR count). The standard InChI is InChI=1S/C34H40N4O3/c1-7-20-17(4)24-14-28-21(8-2)18(5)33(38-28)22(10-9-11-30(40)41)32-16(3)12-26(37-32)23-13-29(39)31-19(6)25(36-34(23)31)15-27(20)35-24/h14-16,29,36,38-39H,7-13H2,1-6H3,(H,40,41)/t16-,29?/m0/s1. The summed E-state index contributed by atoms with van der Waals surface area (Å²) in [7, 11) is 0. The number of hydrogen-bond donors (Lipinski definition) is 4. The summed E-state index contributed by atoms with van der Waals surface area (Å²) in [5.41, 5.74) is 17.1. The van der Waals surface area contributed by atoms with Crippen LogP contribution in [0.5, 0.6) is 0 Å². The number of aliphatic carboxylic acids is 1. The van der Waals surface area contributed by atoms with E-state index in [0.29, 0.717) is 19.3 Å². The van der Waals surface area contributed by atoms with Crippen molar-refractivity contribution in [3.05, 3.63) is 68.3 Å². The first-order valence-electron chi connectivity index (χ1n) is 15.0. The number of aliphatic hydroxyl groups is 1. The number of aliphatic hydroxyl groups excluding tert-OH is 1. The molecule has 7 nitrogen and oxygen atoms in total. The number of aromatic nitrogens is 4. The Morgan fingerprint density at radius 2 is 1.68 bits per heavy atom. The predicted octanol–water partition coefficient (Wildman–Crippen LogP) is 7.18. The second kappa shape index (κ2) is 10.3. The number of H-pyrrole nitrogens is 2. The first-order chi connectivity index (χ1) is 19.6. The van der Waals surface area contributed by atoms with Crippen molar-refractivity contribution in [2.75, 3.05) is 0 Å². The molecule has 8 bridgehead atoms. The van der Waals surface area contributed by atoms with Crippen molar-refractivity contribution < 1.29 is 15.0 Å². The van der Waals surface area contributed by atoms with Gasteiger partial charge in [0.15, 0.2) is 0 Å². The fraction of sp³-hybridized carbons (Fsp3) is 0.441. The van der Waals surface area contributed by atoms with Gasteiger partial charge < -0.3 is 20.2 Å². The quantitative estimate of drug-likeness (QED) is 0.259. The average molecular weight is 553 g/mol. The molecule has 3 aromatic rings. The van der Waals surface area contributed by atoms with Crippen molar-refractivity contribution in [3.8, 4) is 0 Å². The van der Waals surface area contributed by atoms with Crippen LogP contribution in [0.3, 0.4) is 0 Å². The molecule has 214 valence electrons. The van der Waals surface area contributed by atoms with E-state index in [-0.39, 0.29) is 12.3 Å². The maximum Gasteiger partial charge on any atom is 0.303 e. The van der Waals surface area contributed by atoms with Crippen molar-refractivity contribution in [2.45, 2.75) is 98.5 Å². The van der Waals surface area contributed by atoms with Gasteiger partial charge in [-0.15, -0.1) is 0 Å². The Bertz CT molecular complexity index is 1790. The molecule has 0 fully saturated rings. The topological polar surface area (TPSA) is 115 Å². The molecule has 0 saturated heterocycles. The van der Waals surface area contributed by atoms with Crippen molar-refractivity contribution in [3.63, 3.8) is 0 Å². The summed E-state index contributed by atoms with van der Waals surface area (Å²) in [5, 5.41) is 20.6. The van der Waals surface area contributed by atoms with Crippen LogP contribution in [0.1, 0.15) is 115 Å². The molecule has 3 aliphatic rings. The minimum absolute atomic E-state index is 0.119. The number of allylic oxidation sites excluding steroid dienone is 2. The molecule has 2 aliphatic heterocycles. The lowest BCUT2D eigenvalue weighted by molar-refractivity contribution is -0.137. The molecular weight excluding hydrogens is 512 g/mol. The van der Waals surface area contributed by atoms with E-state index >= 15 is 0 Å². The monoisotopic (exact) mass is 552 g/mol. The largest absolute Gasteiger partial charge is 0.481 e. The van der Waals surface area contributed by atoms with E-state index in [0.717, 1.165) is 86.4 Å². The average Bonchev–Trinajstić information content (AvgIpc) is 3.69. The van der Waals surface area contributed by atoms with Crippen LogP contribution in [0.15, 0.2) is 12.1 Å². The Balaban J connectivity index is 1.78. The number of aromatic amines is 2. The number of nitrogens with zero attached hydrogens (tertiary/aromatic N) is 2. The van der Waals surface area contributed by atoms with Gasteiger partial charge >= 0.3 is 5.97 Å². The number of nitrogens with one attached hydrogen (secondary N) is 2. The van der Waals surface area contributed by atoms with Crippen LogP contribution in [-0.4, -0.2) is 36.1 Å². The van der Waals surface area contributed by atoms with E-state index in [1.54, 1.807) is 0 Å². The molecule has 3 aromatic heterocycles. The molecule has 5 heterocycles. The van der Waals surface area contributed by atoms with Crippen LogP contribution < -0.4 is 0 Å². The fourth-order valence-electron chi connectivity index (χ4n) is 7.27. The highest BCUT2D eigenvalue weighted by Gasteiger charge is 2.31. The van der Waals surface area contributed by atoms with Crippen LogP contribution in [-0.2, 0) is 30.5 Å². The highest BCUT2D eigenvalue weighted by Crippen LogP contribution is 2.42. The smallest absolute Gasteiger partial charge is 0.303 e. The summed E-state index contributed by atoms with van der Waals surface area (Å²) in [4.78, 5) is 29.3. The molecule has 1 aliphatic carbocycles. The van der Waals surface area contributed by atoms with Crippen LogP contribution >= 0.6 is 0 Å². The Morgan fingerprint density at radius 3 is 2.39 bits per heavy atom. The van der Waals surface area contributed by atoms with Gasteiger partial charge in [-0.1, -0.05) is 20.8 Å². The molecule has 4 N–H and O–H groups in total. The van der Waals surface area contributed by atoms with Gasteiger partial charge in [-0.05, 0) is 98.4 Å². The first-order valence-corrected chi connectivity index (χ1v) is 15.0. The molecule has 0 radical (unpaired) electrons. The summed E-state index contributed by atoms with van der Waals surface area (Å²) in [6.07, 6.45) is 3.83. The number of fused-ring (bicyclic) bond motifs is 8. The molecular formula is C34H40N4O3. The summed E-state index contributed by atoms with van der Waals surface area (Å²) in [6, 6.07) is 4.32. The van der Waals surface area contributed by atoms with E-state index in [9.17, 15) is 15.0 Å². The van der Waals surface area contributed by atoms with Gasteiger partial charge in [-0.3, -0.25) is 9.78 Å². The van der Waals surface area contributed by atoms with Gasteiger partial charge in [0.25, 0.3) is 0 Å². The second-order valence-electron chi connectivity index (χ2n) is 11.9. The van der Waals surface area contributed by atoms with Gasteiger partial charge in [-0.2, -0.15) is 0 Å². The van der Waals surface area contributed by atoms with E-state index < -0.39 is 12.1 Å². The lowest BCUT2D eigenvalue weighted by Gasteiger charge is -2.09. The number of aryl methyl sites for hydroxylation is 4. The Hall–Kier alpha value is -3.71. The summed E-state index contributed by atoms with van der Waals surface area (Å²) in [5.74, 6) is -0.596. The van der Waals surface area contributed by atoms with E-state index in [1.807, 2.05) is 0 Å². The number of carboxylic acids is 1. The van der Waals surface area contributed by atoms with Crippen molar-refractivity contribution in [1.82, 2.24) is 19.9 Å². The fourth-order valence-corrected chi connectivity index (χ4v) is 7.27. The van der Waals surface area contributed by atoms with Crippen LogP contribution in [0.2, 0.25) is 0 Å². The number of carbonyl (C=O) groups is 1. The molecule has 7 heteroatoms. The van der Waals surface area contributed by atoms with Crippen molar-refractivity contribution >= 4 is 39.2 Å². The third kappa shape index (κ3) is 4.42. The number of rotatable bonds is 6. The van der Waals surface area contributed by atoms with Gasteiger partial charge in [0.05, 0.1) is 17.5 Å². The first kappa shape index (κ1) is 27.5. The van der Waals surface area contributed by atoms with Gasteiger partial charge in [0.1, 0.15) is 0 Å². The molecule has 0 aromatic carbocycles. The minimum atomic E-state index is -0.781. The number of hydrogen-bond acceptors (Lipinski definition) is 4. The lowest BCUT2D eigenvalue weighted by Crippen LogP contribution is -2.01. The van der Waals surface area contributed by atoms with E-state index in [1.165, 1.54) is 22.3 Å². The van der Waals surface area contributed by atoms with Gasteiger partial charge in [-0.25, -0.2) is 4.98 Å². The molecule has 0 saturated carbocycles. The maximum atomic E-state index is 11.4. The lowest BCUT2D eigenvalue weighted by atomic mass is 9.95. The Kier molecular flexibility index (Phi) is 6.89. The summed E-state index contributed by atoms with van der Waals surface area (Å²) < 4.78 is 0. The van der Waals surface area contributed by atoms with Crippen LogP contribution in [0, 0.1) is 13.8 Å². The third-order valence-electron chi connectivity index (χ3n) is 9.44. The zero-order valence-corrected chi connectivity index (χ0v) is 25.0. The summed E-state index contributed by atoms with van der Waals surface area (Å²) >= 11 is 0. The van der Waals surface area contributed by atoms with E-state index in [4.69, 9.17) is 9.97 Å². The molecule has 1 unspecified atom stereocenters. The highest BCUT2D eigenvalue weighted by molar-refractivity contribution is 5.93. The van der Waals surface area contributed by atoms with Crippen molar-refractivity contribution in [1.29, 1.82) is 0 Å². The molecule has 41 heavy (non-hydrogen) atoms. The van der Waals surface area contributed by atoms with Gasteiger partial charge in [0, 0.05) is 63.3 Å². The minimum Gasteiger partial charge on any atom is -0.481 e. The normalized spacial score (nSPS) is 18.0. The Morgan fingerprint density at radius 1 is 0.951 bits per heavy atom. The molecule has 0 spiro atoms. The molecule has 0 amide bonds. The second-order valence-corrected chi connectivity index (χ2v) is 11.9. The van der Waals surface area contributed by atoms with Gasteiger partial charge in [0.2, 0.25) is 0 Å². The van der Waals surface area contributed by atoms with Crippen LogP contribution in [0.25, 0.3) is 33.2 Å². The highest BCUT2D eigenvalue weighted by atomic mass is 16.4. The van der Waals surface area contributed by atoms with E-state index in [2.05, 4.69) is 63.6 Å². The SMILES string of the molecule is CCC1=C(C)c2cc3[nH]c(c(C)c3CC)c(CCCC(=O)O)c3nc(c4c5[nH]c(cc1n2)c(C)c5C(O)C4)C[C@@H]3C. The zero-order chi connectivity index (χ0) is 29.2. The van der Waals surface area contributed by atoms with Crippen LogP contribution in [0.4, 0.5) is 0 Å².